The van der Waals surface area contributed by atoms with Gasteiger partial charge in [-0.25, -0.2) is 0 Å². The Bertz CT molecular complexity index is 1120. The Labute approximate surface area is 225 Å². The minimum absolute atomic E-state index is 0.00141. The average Bonchev–Trinajstić information content (AvgIpc) is 2.83. The number of nitrogens with one attached hydrogen (secondary N) is 2. The lowest BCUT2D eigenvalue weighted by molar-refractivity contribution is -0.115. The van der Waals surface area contributed by atoms with E-state index in [9.17, 15) is 25.0 Å². The van der Waals surface area contributed by atoms with Gasteiger partial charge >= 0.3 is 0 Å². The molecule has 14 heteroatoms. The van der Waals surface area contributed by atoms with Crippen LogP contribution in [0.4, 0.5) is 0 Å². The SMILES string of the molecule is O=C(NCCSSCCNC(=O)/C(=N/O)c1ccc(O)c(Br)c1)/C(Cc1ccc(O)c(Br)c1)=N/O. The van der Waals surface area contributed by atoms with Crippen LogP contribution in [-0.2, 0) is 16.0 Å². The van der Waals surface area contributed by atoms with Crippen LogP contribution in [0.1, 0.15) is 11.1 Å². The van der Waals surface area contributed by atoms with Crippen LogP contribution in [-0.4, -0.2) is 68.5 Å². The Kier molecular flexibility index (Phi) is 12.2. The first-order valence-electron chi connectivity index (χ1n) is 9.96. The molecule has 10 nitrogen and oxygen atoms in total. The maximum atomic E-state index is 12.2. The normalized spacial score (nSPS) is 11.8. The first kappa shape index (κ1) is 28.8. The molecule has 0 bridgehead atoms. The Hall–Kier alpha value is -2.42. The smallest absolute Gasteiger partial charge is 0.273 e. The molecule has 0 aromatic heterocycles. The van der Waals surface area contributed by atoms with Crippen molar-refractivity contribution in [3.8, 4) is 11.5 Å². The van der Waals surface area contributed by atoms with Crippen molar-refractivity contribution >= 4 is 76.7 Å². The van der Waals surface area contributed by atoms with Crippen LogP contribution in [0.5, 0.6) is 11.5 Å². The lowest BCUT2D eigenvalue weighted by Crippen LogP contribution is -2.34. The first-order chi connectivity index (χ1) is 16.8. The fraction of sp³-hybridized carbons (Fsp3) is 0.238. The predicted molar refractivity (Wildman–Crippen MR) is 144 cm³/mol. The summed E-state index contributed by atoms with van der Waals surface area (Å²) in [6, 6.07) is 9.06. The number of aromatic hydroxyl groups is 2. The molecule has 35 heavy (non-hydrogen) atoms. The maximum Gasteiger partial charge on any atom is 0.273 e. The number of carbonyl (C=O) groups is 2. The van der Waals surface area contributed by atoms with E-state index in [-0.39, 0.29) is 29.3 Å². The zero-order chi connectivity index (χ0) is 25.8. The largest absolute Gasteiger partial charge is 0.507 e. The predicted octanol–water partition coefficient (Wildman–Crippen LogP) is 3.49. The molecule has 0 aliphatic heterocycles. The summed E-state index contributed by atoms with van der Waals surface area (Å²) in [5, 5.41) is 48.9. The third-order valence-electron chi connectivity index (χ3n) is 4.33. The van der Waals surface area contributed by atoms with Gasteiger partial charge in [-0.2, -0.15) is 0 Å². The Balaban J connectivity index is 1.64. The highest BCUT2D eigenvalue weighted by atomic mass is 79.9. The van der Waals surface area contributed by atoms with Gasteiger partial charge in [0.15, 0.2) is 5.71 Å². The number of phenols is 2. The third-order valence-corrected chi connectivity index (χ3v) is 8.01. The number of hydrogen-bond acceptors (Lipinski definition) is 10. The Morgan fingerprint density at radius 2 is 1.40 bits per heavy atom. The van der Waals surface area contributed by atoms with Gasteiger partial charge in [-0.3, -0.25) is 9.59 Å². The number of phenolic OH excluding ortho intramolecular Hbond substituents is 2. The molecule has 0 aliphatic carbocycles. The highest BCUT2D eigenvalue weighted by molar-refractivity contribution is 9.11. The van der Waals surface area contributed by atoms with Gasteiger partial charge in [0.1, 0.15) is 17.2 Å². The van der Waals surface area contributed by atoms with E-state index in [1.807, 2.05) is 0 Å². The quantitative estimate of drug-likeness (QED) is 0.0669. The van der Waals surface area contributed by atoms with E-state index in [0.717, 1.165) is 0 Å². The second-order valence-electron chi connectivity index (χ2n) is 6.78. The number of amides is 2. The molecule has 2 aromatic carbocycles. The summed E-state index contributed by atoms with van der Waals surface area (Å²) >= 11 is 6.35. The fourth-order valence-corrected chi connectivity index (χ4v) is 5.24. The third kappa shape index (κ3) is 9.28. The molecule has 2 aromatic rings. The summed E-state index contributed by atoms with van der Waals surface area (Å²) < 4.78 is 0.847. The molecule has 0 spiro atoms. The standard InChI is InChI=1S/C21H22Br2N4O6S2/c22-14-9-12(1-3-17(14)28)10-16(26-32)20(30)24-5-7-34-35-8-6-25-21(31)19(27-33)13-2-4-18(29)15(23)11-13/h1-4,9,11,28-29,32-33H,5-8,10H2,(H,24,30)(H,25,31)/b26-16+,27-19+. The second kappa shape index (κ2) is 14.9. The van der Waals surface area contributed by atoms with E-state index in [1.165, 1.54) is 45.9 Å². The van der Waals surface area contributed by atoms with Crippen molar-refractivity contribution < 1.29 is 30.2 Å². The molecule has 0 heterocycles. The lowest BCUT2D eigenvalue weighted by atomic mass is 10.1. The van der Waals surface area contributed by atoms with Crippen LogP contribution < -0.4 is 10.6 Å². The molecule has 188 valence electrons. The minimum atomic E-state index is -0.556. The van der Waals surface area contributed by atoms with Crippen molar-refractivity contribution in [3.63, 3.8) is 0 Å². The van der Waals surface area contributed by atoms with Crippen LogP contribution in [0.2, 0.25) is 0 Å². The van der Waals surface area contributed by atoms with Crippen molar-refractivity contribution in [2.24, 2.45) is 10.3 Å². The zero-order valence-electron chi connectivity index (χ0n) is 18.1. The molecule has 2 rings (SSSR count). The van der Waals surface area contributed by atoms with E-state index in [1.54, 1.807) is 12.1 Å². The summed E-state index contributed by atoms with van der Waals surface area (Å²) in [7, 11) is 2.97. The molecular formula is C21H22Br2N4O6S2. The molecule has 0 saturated heterocycles. The van der Waals surface area contributed by atoms with Gasteiger partial charge in [-0.1, -0.05) is 38.0 Å². The van der Waals surface area contributed by atoms with Crippen LogP contribution >= 0.6 is 53.4 Å². The van der Waals surface area contributed by atoms with Gasteiger partial charge in [-0.15, -0.1) is 0 Å². The van der Waals surface area contributed by atoms with Crippen molar-refractivity contribution in [1.82, 2.24) is 10.6 Å². The zero-order valence-corrected chi connectivity index (χ0v) is 22.9. The summed E-state index contributed by atoms with van der Waals surface area (Å²) in [5.74, 6) is 0.176. The highest BCUT2D eigenvalue weighted by Gasteiger charge is 2.16. The lowest BCUT2D eigenvalue weighted by Gasteiger charge is -2.08. The summed E-state index contributed by atoms with van der Waals surface area (Å²) in [5.41, 5.74) is 0.811. The molecule has 0 aliphatic rings. The summed E-state index contributed by atoms with van der Waals surface area (Å²) in [6.07, 6.45) is 0.100. The van der Waals surface area contributed by atoms with Gasteiger partial charge in [-0.05, 0) is 67.8 Å². The average molecular weight is 650 g/mol. The maximum absolute atomic E-state index is 12.2. The molecule has 6 N–H and O–H groups in total. The van der Waals surface area contributed by atoms with Crippen molar-refractivity contribution in [1.29, 1.82) is 0 Å². The Morgan fingerprint density at radius 1 is 0.829 bits per heavy atom. The highest BCUT2D eigenvalue weighted by Crippen LogP contribution is 2.25. The van der Waals surface area contributed by atoms with E-state index < -0.39 is 11.8 Å². The van der Waals surface area contributed by atoms with Crippen LogP contribution in [0, 0.1) is 0 Å². The van der Waals surface area contributed by atoms with Gasteiger partial charge < -0.3 is 31.3 Å². The van der Waals surface area contributed by atoms with Crippen LogP contribution in [0.15, 0.2) is 55.7 Å². The number of carbonyl (C=O) groups excluding carboxylic acids is 2. The van der Waals surface area contributed by atoms with Gasteiger partial charge in [0.2, 0.25) is 0 Å². The van der Waals surface area contributed by atoms with Crippen molar-refractivity contribution in [3.05, 3.63) is 56.5 Å². The van der Waals surface area contributed by atoms with E-state index >= 15 is 0 Å². The van der Waals surface area contributed by atoms with Gasteiger partial charge in [0, 0.05) is 36.6 Å². The Morgan fingerprint density at radius 3 is 1.94 bits per heavy atom. The number of rotatable bonds is 12. The van der Waals surface area contributed by atoms with Gasteiger partial charge in [0.25, 0.3) is 11.8 Å². The van der Waals surface area contributed by atoms with E-state index in [4.69, 9.17) is 5.21 Å². The monoisotopic (exact) mass is 648 g/mol. The van der Waals surface area contributed by atoms with Crippen LogP contribution in [0.25, 0.3) is 0 Å². The molecule has 0 fully saturated rings. The number of nitrogens with zero attached hydrogens (tertiary/aromatic N) is 2. The van der Waals surface area contributed by atoms with Crippen LogP contribution in [0.3, 0.4) is 0 Å². The van der Waals surface area contributed by atoms with Crippen molar-refractivity contribution in [2.75, 3.05) is 24.6 Å². The molecule has 0 radical (unpaired) electrons. The molecular weight excluding hydrogens is 628 g/mol. The van der Waals surface area contributed by atoms with E-state index in [0.29, 0.717) is 44.7 Å². The van der Waals surface area contributed by atoms with E-state index in [2.05, 4.69) is 52.8 Å². The topological polar surface area (TPSA) is 164 Å². The fourth-order valence-electron chi connectivity index (χ4n) is 2.62. The van der Waals surface area contributed by atoms with Gasteiger partial charge in [0.05, 0.1) is 8.95 Å². The number of benzene rings is 2. The molecule has 2 amide bonds. The summed E-state index contributed by atoms with van der Waals surface area (Å²) in [6.45, 7) is 0.669. The molecule has 0 saturated carbocycles. The molecule has 0 unspecified atom stereocenters. The second-order valence-corrected chi connectivity index (χ2v) is 11.2. The first-order valence-corrected chi connectivity index (χ1v) is 14.0. The number of halogens is 2. The number of hydrogen-bond donors (Lipinski definition) is 6. The summed E-state index contributed by atoms with van der Waals surface area (Å²) in [4.78, 5) is 24.5. The molecule has 0 atom stereocenters. The van der Waals surface area contributed by atoms with Crippen molar-refractivity contribution in [2.45, 2.75) is 6.42 Å². The number of oxime groups is 2. The minimum Gasteiger partial charge on any atom is -0.507 e.